The number of carbonyl (C=O) groups is 1. The van der Waals surface area contributed by atoms with Crippen LogP contribution in [0.15, 0.2) is 0 Å². The summed E-state index contributed by atoms with van der Waals surface area (Å²) in [7, 11) is 0. The van der Waals surface area contributed by atoms with Crippen molar-refractivity contribution in [3.8, 4) is 0 Å². The van der Waals surface area contributed by atoms with E-state index >= 15 is 0 Å². The Morgan fingerprint density at radius 1 is 1.39 bits per heavy atom. The van der Waals surface area contributed by atoms with Gasteiger partial charge in [-0.15, -0.1) is 0 Å². The summed E-state index contributed by atoms with van der Waals surface area (Å²) in [4.78, 5) is 14.6. The molecule has 1 aliphatic heterocycles. The smallest absolute Gasteiger partial charge is 0.223 e. The number of hydrogen-bond acceptors (Lipinski definition) is 3. The molecule has 2 aliphatic rings. The highest BCUT2D eigenvalue weighted by Crippen LogP contribution is 2.42. The Bertz CT molecular complexity index is 285. The standard InChI is InChI=1S/C14H27N3O/c1-14(2)5-3-4-12(14)13(18)16-8-11-17-9-6-15-7-10-17/h12,15H,3-11H2,1-2H3,(H,16,18). The van der Waals surface area contributed by atoms with Crippen LogP contribution in [0.3, 0.4) is 0 Å². The quantitative estimate of drug-likeness (QED) is 0.780. The van der Waals surface area contributed by atoms with E-state index in [0.29, 0.717) is 0 Å². The number of piperazine rings is 1. The van der Waals surface area contributed by atoms with E-state index in [1.54, 1.807) is 0 Å². The molecule has 2 fully saturated rings. The lowest BCUT2D eigenvalue weighted by Gasteiger charge is -2.28. The van der Waals surface area contributed by atoms with E-state index in [4.69, 9.17) is 0 Å². The first-order chi connectivity index (χ1) is 8.59. The van der Waals surface area contributed by atoms with Gasteiger partial charge in [0.25, 0.3) is 0 Å². The predicted molar refractivity (Wildman–Crippen MR) is 73.4 cm³/mol. The summed E-state index contributed by atoms with van der Waals surface area (Å²) in [6.45, 7) is 10.6. The fourth-order valence-electron chi connectivity index (χ4n) is 3.21. The Morgan fingerprint density at radius 2 is 2.11 bits per heavy atom. The first-order valence-corrected chi connectivity index (χ1v) is 7.30. The monoisotopic (exact) mass is 253 g/mol. The molecule has 0 spiro atoms. The van der Waals surface area contributed by atoms with E-state index in [0.717, 1.165) is 45.7 Å². The molecule has 1 amide bonds. The predicted octanol–water partition coefficient (Wildman–Crippen LogP) is 0.834. The molecule has 4 nitrogen and oxygen atoms in total. The molecule has 1 heterocycles. The largest absolute Gasteiger partial charge is 0.355 e. The molecule has 1 saturated carbocycles. The molecule has 2 N–H and O–H groups in total. The van der Waals surface area contributed by atoms with Gasteiger partial charge in [-0.25, -0.2) is 0 Å². The van der Waals surface area contributed by atoms with Crippen molar-refractivity contribution in [2.24, 2.45) is 11.3 Å². The molecule has 0 radical (unpaired) electrons. The molecule has 0 bridgehead atoms. The molecule has 1 saturated heterocycles. The minimum absolute atomic E-state index is 0.194. The van der Waals surface area contributed by atoms with Gasteiger partial charge in [0.2, 0.25) is 5.91 Å². The van der Waals surface area contributed by atoms with Gasteiger partial charge in [0, 0.05) is 45.2 Å². The average Bonchev–Trinajstić information content (AvgIpc) is 2.70. The van der Waals surface area contributed by atoms with Crippen molar-refractivity contribution in [2.45, 2.75) is 33.1 Å². The summed E-state index contributed by atoms with van der Waals surface area (Å²) in [5, 5.41) is 6.47. The molecule has 1 aliphatic carbocycles. The van der Waals surface area contributed by atoms with E-state index in [9.17, 15) is 4.79 Å². The minimum Gasteiger partial charge on any atom is -0.355 e. The maximum atomic E-state index is 12.2. The molecular weight excluding hydrogens is 226 g/mol. The fourth-order valence-corrected chi connectivity index (χ4v) is 3.21. The van der Waals surface area contributed by atoms with E-state index in [2.05, 4.69) is 29.4 Å². The fraction of sp³-hybridized carbons (Fsp3) is 0.929. The Labute approximate surface area is 110 Å². The van der Waals surface area contributed by atoms with Gasteiger partial charge in [0.15, 0.2) is 0 Å². The topological polar surface area (TPSA) is 44.4 Å². The zero-order valence-electron chi connectivity index (χ0n) is 11.8. The van der Waals surface area contributed by atoms with Crippen LogP contribution < -0.4 is 10.6 Å². The van der Waals surface area contributed by atoms with Crippen molar-refractivity contribution in [1.82, 2.24) is 15.5 Å². The molecule has 4 heteroatoms. The lowest BCUT2D eigenvalue weighted by atomic mass is 9.81. The number of carbonyl (C=O) groups excluding carboxylic acids is 1. The number of nitrogens with zero attached hydrogens (tertiary/aromatic N) is 1. The lowest BCUT2D eigenvalue weighted by molar-refractivity contribution is -0.127. The van der Waals surface area contributed by atoms with Crippen molar-refractivity contribution in [3.63, 3.8) is 0 Å². The Kier molecular flexibility index (Phi) is 4.62. The van der Waals surface area contributed by atoms with Crippen LogP contribution in [-0.4, -0.2) is 50.1 Å². The van der Waals surface area contributed by atoms with Gasteiger partial charge < -0.3 is 10.6 Å². The molecule has 0 aromatic heterocycles. The Hall–Kier alpha value is -0.610. The number of hydrogen-bond donors (Lipinski definition) is 2. The maximum Gasteiger partial charge on any atom is 0.223 e. The van der Waals surface area contributed by atoms with E-state index in [1.807, 2.05) is 0 Å². The Balaban J connectivity index is 1.68. The second-order valence-corrected chi connectivity index (χ2v) is 6.32. The number of rotatable bonds is 4. The van der Waals surface area contributed by atoms with Crippen LogP contribution in [0.4, 0.5) is 0 Å². The average molecular weight is 253 g/mol. The normalized spacial score (nSPS) is 28.2. The van der Waals surface area contributed by atoms with Gasteiger partial charge in [-0.05, 0) is 18.3 Å². The van der Waals surface area contributed by atoms with Crippen molar-refractivity contribution >= 4 is 5.91 Å². The minimum atomic E-state index is 0.194. The Morgan fingerprint density at radius 3 is 2.72 bits per heavy atom. The van der Waals surface area contributed by atoms with Crippen molar-refractivity contribution in [3.05, 3.63) is 0 Å². The van der Waals surface area contributed by atoms with Gasteiger partial charge in [0.1, 0.15) is 0 Å². The van der Waals surface area contributed by atoms with Gasteiger partial charge in [-0.1, -0.05) is 20.3 Å². The van der Waals surface area contributed by atoms with Crippen molar-refractivity contribution in [1.29, 1.82) is 0 Å². The molecule has 1 unspecified atom stereocenters. The summed E-state index contributed by atoms with van der Waals surface area (Å²) in [5.74, 6) is 0.494. The van der Waals surface area contributed by atoms with Crippen molar-refractivity contribution < 1.29 is 4.79 Å². The summed E-state index contributed by atoms with van der Waals surface area (Å²) >= 11 is 0. The molecule has 0 aromatic rings. The highest BCUT2D eigenvalue weighted by molar-refractivity contribution is 5.79. The van der Waals surface area contributed by atoms with Crippen LogP contribution in [0, 0.1) is 11.3 Å². The first-order valence-electron chi connectivity index (χ1n) is 7.30. The molecule has 2 rings (SSSR count). The summed E-state index contributed by atoms with van der Waals surface area (Å²) in [5.41, 5.74) is 0.194. The summed E-state index contributed by atoms with van der Waals surface area (Å²) in [6.07, 6.45) is 3.44. The van der Waals surface area contributed by atoms with Gasteiger partial charge in [-0.3, -0.25) is 9.69 Å². The van der Waals surface area contributed by atoms with E-state index in [-0.39, 0.29) is 17.2 Å². The molecule has 1 atom stereocenters. The molecular formula is C14H27N3O. The molecule has 18 heavy (non-hydrogen) atoms. The van der Waals surface area contributed by atoms with E-state index < -0.39 is 0 Å². The van der Waals surface area contributed by atoms with Gasteiger partial charge in [0.05, 0.1) is 0 Å². The maximum absolute atomic E-state index is 12.2. The van der Waals surface area contributed by atoms with Crippen LogP contribution >= 0.6 is 0 Å². The molecule has 0 aromatic carbocycles. The third kappa shape index (κ3) is 3.45. The zero-order chi connectivity index (χ0) is 13.0. The third-order valence-electron chi connectivity index (χ3n) is 4.51. The highest BCUT2D eigenvalue weighted by Gasteiger charge is 2.38. The van der Waals surface area contributed by atoms with Crippen LogP contribution in [0.25, 0.3) is 0 Å². The van der Waals surface area contributed by atoms with E-state index in [1.165, 1.54) is 12.8 Å². The van der Waals surface area contributed by atoms with Gasteiger partial charge in [-0.2, -0.15) is 0 Å². The third-order valence-corrected chi connectivity index (χ3v) is 4.51. The highest BCUT2D eigenvalue weighted by atomic mass is 16.1. The second kappa shape index (κ2) is 6.02. The first kappa shape index (κ1) is 13.8. The van der Waals surface area contributed by atoms with Crippen LogP contribution in [0.2, 0.25) is 0 Å². The second-order valence-electron chi connectivity index (χ2n) is 6.32. The summed E-state index contributed by atoms with van der Waals surface area (Å²) < 4.78 is 0. The van der Waals surface area contributed by atoms with Crippen LogP contribution in [0.1, 0.15) is 33.1 Å². The van der Waals surface area contributed by atoms with Crippen LogP contribution in [-0.2, 0) is 4.79 Å². The van der Waals surface area contributed by atoms with Crippen molar-refractivity contribution in [2.75, 3.05) is 39.3 Å². The summed E-state index contributed by atoms with van der Waals surface area (Å²) in [6, 6.07) is 0. The zero-order valence-corrected chi connectivity index (χ0v) is 11.8. The lowest BCUT2D eigenvalue weighted by Crippen LogP contribution is -2.47. The van der Waals surface area contributed by atoms with Crippen LogP contribution in [0.5, 0.6) is 0 Å². The van der Waals surface area contributed by atoms with Gasteiger partial charge >= 0.3 is 0 Å². The SMILES string of the molecule is CC1(C)CCCC1C(=O)NCCN1CCNCC1. The number of nitrogens with one attached hydrogen (secondary N) is 2. The number of amides is 1. The molecule has 104 valence electrons.